The number of nitrogens with zero attached hydrogens (tertiary/aromatic N) is 1. The van der Waals surface area contributed by atoms with Gasteiger partial charge in [-0.15, -0.1) is 12.4 Å². The molecule has 4 nitrogen and oxygen atoms in total. The van der Waals surface area contributed by atoms with Crippen LogP contribution in [-0.4, -0.2) is 16.9 Å². The minimum atomic E-state index is -0.469. The van der Waals surface area contributed by atoms with Gasteiger partial charge in [0.05, 0.1) is 18.3 Å². The predicted octanol–water partition coefficient (Wildman–Crippen LogP) is 0.467. The lowest BCUT2D eigenvalue weighted by Gasteiger charge is -2.06. The molecular formula is C9H14ClN3O. The summed E-state index contributed by atoms with van der Waals surface area (Å²) < 4.78 is 0. The Hall–Kier alpha value is -1.13. The molecule has 1 atom stereocenters. The predicted molar refractivity (Wildman–Crippen MR) is 57.0 cm³/mol. The van der Waals surface area contributed by atoms with Crippen LogP contribution in [0, 0.1) is 0 Å². The zero-order valence-electron chi connectivity index (χ0n) is 7.93. The molecule has 0 aliphatic carbocycles. The van der Waals surface area contributed by atoms with Crippen LogP contribution in [0.5, 0.6) is 0 Å². The van der Waals surface area contributed by atoms with Gasteiger partial charge < -0.3 is 11.1 Å². The third-order valence-corrected chi connectivity index (χ3v) is 1.58. The Morgan fingerprint density at radius 1 is 1.64 bits per heavy atom. The van der Waals surface area contributed by atoms with Crippen LogP contribution in [0.25, 0.3) is 0 Å². The Morgan fingerprint density at radius 2 is 2.36 bits per heavy atom. The van der Waals surface area contributed by atoms with Gasteiger partial charge in [-0.1, -0.05) is 6.07 Å². The molecule has 3 N–H and O–H groups in total. The lowest BCUT2D eigenvalue weighted by atomic mass is 10.3. The van der Waals surface area contributed by atoms with Crippen LogP contribution in [0.2, 0.25) is 0 Å². The van der Waals surface area contributed by atoms with Crippen molar-refractivity contribution in [2.75, 3.05) is 0 Å². The molecule has 0 bridgehead atoms. The molecule has 1 aromatic heterocycles. The fourth-order valence-electron chi connectivity index (χ4n) is 0.841. The first-order valence-corrected chi connectivity index (χ1v) is 4.13. The Morgan fingerprint density at radius 3 is 2.86 bits per heavy atom. The highest BCUT2D eigenvalue weighted by Crippen LogP contribution is 1.91. The highest BCUT2D eigenvalue weighted by molar-refractivity contribution is 5.85. The van der Waals surface area contributed by atoms with Crippen LogP contribution in [-0.2, 0) is 11.3 Å². The SMILES string of the molecule is CC(N)C(=O)NCc1ccccn1.Cl. The number of hydrogen-bond donors (Lipinski definition) is 2. The second kappa shape index (κ2) is 6.34. The molecule has 1 amide bonds. The average Bonchev–Trinajstić information content (AvgIpc) is 2.15. The first-order chi connectivity index (χ1) is 6.20. The minimum Gasteiger partial charge on any atom is -0.349 e. The van der Waals surface area contributed by atoms with E-state index in [1.165, 1.54) is 0 Å². The van der Waals surface area contributed by atoms with Crippen molar-refractivity contribution < 1.29 is 4.79 Å². The number of pyridine rings is 1. The molecule has 1 rings (SSSR count). The molecule has 78 valence electrons. The average molecular weight is 216 g/mol. The highest BCUT2D eigenvalue weighted by Gasteiger charge is 2.05. The van der Waals surface area contributed by atoms with Gasteiger partial charge in [-0.2, -0.15) is 0 Å². The van der Waals surface area contributed by atoms with Crippen LogP contribution in [0.4, 0.5) is 0 Å². The lowest BCUT2D eigenvalue weighted by Crippen LogP contribution is -2.37. The molecule has 0 radical (unpaired) electrons. The van der Waals surface area contributed by atoms with Crippen molar-refractivity contribution in [3.63, 3.8) is 0 Å². The number of rotatable bonds is 3. The van der Waals surface area contributed by atoms with Crippen molar-refractivity contribution >= 4 is 18.3 Å². The maximum atomic E-state index is 11.1. The number of amides is 1. The molecule has 0 saturated carbocycles. The number of nitrogens with one attached hydrogen (secondary N) is 1. The Balaban J connectivity index is 0.00000169. The summed E-state index contributed by atoms with van der Waals surface area (Å²) in [4.78, 5) is 15.1. The van der Waals surface area contributed by atoms with E-state index in [0.29, 0.717) is 6.54 Å². The number of halogens is 1. The zero-order valence-corrected chi connectivity index (χ0v) is 8.75. The van der Waals surface area contributed by atoms with Crippen molar-refractivity contribution in [1.29, 1.82) is 0 Å². The second-order valence-electron chi connectivity index (χ2n) is 2.83. The number of hydrogen-bond acceptors (Lipinski definition) is 3. The number of nitrogens with two attached hydrogens (primary N) is 1. The quantitative estimate of drug-likeness (QED) is 0.770. The smallest absolute Gasteiger partial charge is 0.236 e. The first-order valence-electron chi connectivity index (χ1n) is 4.13. The van der Waals surface area contributed by atoms with E-state index in [4.69, 9.17) is 5.73 Å². The van der Waals surface area contributed by atoms with Gasteiger partial charge in [0, 0.05) is 6.20 Å². The normalized spacial score (nSPS) is 11.3. The van der Waals surface area contributed by atoms with Crippen LogP contribution >= 0.6 is 12.4 Å². The van der Waals surface area contributed by atoms with E-state index in [2.05, 4.69) is 10.3 Å². The fourth-order valence-corrected chi connectivity index (χ4v) is 0.841. The Labute approximate surface area is 89.3 Å². The van der Waals surface area contributed by atoms with Crippen LogP contribution in [0.3, 0.4) is 0 Å². The van der Waals surface area contributed by atoms with E-state index in [-0.39, 0.29) is 18.3 Å². The zero-order chi connectivity index (χ0) is 9.68. The highest BCUT2D eigenvalue weighted by atomic mass is 35.5. The van der Waals surface area contributed by atoms with Crippen LogP contribution in [0.15, 0.2) is 24.4 Å². The molecule has 1 heterocycles. The van der Waals surface area contributed by atoms with E-state index in [1.54, 1.807) is 13.1 Å². The standard InChI is InChI=1S/C9H13N3O.ClH/c1-7(10)9(13)12-6-8-4-2-3-5-11-8;/h2-5,7H,6,10H2,1H3,(H,12,13);1H. The van der Waals surface area contributed by atoms with Gasteiger partial charge in [0.2, 0.25) is 5.91 Å². The molecule has 0 fully saturated rings. The summed E-state index contributed by atoms with van der Waals surface area (Å²) in [5.41, 5.74) is 6.20. The van der Waals surface area contributed by atoms with Crippen molar-refractivity contribution in [2.24, 2.45) is 5.73 Å². The van der Waals surface area contributed by atoms with Crippen molar-refractivity contribution in [3.05, 3.63) is 30.1 Å². The first kappa shape index (κ1) is 12.9. The summed E-state index contributed by atoms with van der Waals surface area (Å²) in [6, 6.07) is 5.09. The molecule has 0 aliphatic rings. The molecule has 0 spiro atoms. The fraction of sp³-hybridized carbons (Fsp3) is 0.333. The molecule has 0 aliphatic heterocycles. The monoisotopic (exact) mass is 215 g/mol. The van der Waals surface area contributed by atoms with Crippen LogP contribution in [0.1, 0.15) is 12.6 Å². The number of carbonyl (C=O) groups excluding carboxylic acids is 1. The van der Waals surface area contributed by atoms with E-state index < -0.39 is 6.04 Å². The maximum absolute atomic E-state index is 11.1. The molecule has 14 heavy (non-hydrogen) atoms. The van der Waals surface area contributed by atoms with Crippen molar-refractivity contribution in [2.45, 2.75) is 19.5 Å². The minimum absolute atomic E-state index is 0. The molecule has 5 heteroatoms. The summed E-state index contributed by atoms with van der Waals surface area (Å²) >= 11 is 0. The number of carbonyl (C=O) groups is 1. The maximum Gasteiger partial charge on any atom is 0.236 e. The lowest BCUT2D eigenvalue weighted by molar-refractivity contribution is -0.122. The third kappa shape index (κ3) is 4.20. The van der Waals surface area contributed by atoms with Crippen LogP contribution < -0.4 is 11.1 Å². The van der Waals surface area contributed by atoms with Crippen molar-refractivity contribution in [3.8, 4) is 0 Å². The van der Waals surface area contributed by atoms with Gasteiger partial charge in [-0.3, -0.25) is 9.78 Å². The largest absolute Gasteiger partial charge is 0.349 e. The van der Waals surface area contributed by atoms with Gasteiger partial charge in [-0.25, -0.2) is 0 Å². The topological polar surface area (TPSA) is 68.0 Å². The Bertz CT molecular complexity index is 277. The van der Waals surface area contributed by atoms with E-state index >= 15 is 0 Å². The van der Waals surface area contributed by atoms with Gasteiger partial charge in [0.25, 0.3) is 0 Å². The summed E-state index contributed by atoms with van der Waals surface area (Å²) in [5, 5.41) is 2.67. The van der Waals surface area contributed by atoms with E-state index in [9.17, 15) is 4.79 Å². The Kier molecular flexibility index (Phi) is 5.83. The van der Waals surface area contributed by atoms with E-state index in [1.807, 2.05) is 18.2 Å². The van der Waals surface area contributed by atoms with Gasteiger partial charge in [0.1, 0.15) is 0 Å². The molecule has 0 saturated heterocycles. The summed E-state index contributed by atoms with van der Waals surface area (Å²) in [5.74, 6) is -0.161. The van der Waals surface area contributed by atoms with Gasteiger partial charge in [-0.05, 0) is 19.1 Å². The van der Waals surface area contributed by atoms with E-state index in [0.717, 1.165) is 5.69 Å². The second-order valence-corrected chi connectivity index (χ2v) is 2.83. The summed E-state index contributed by atoms with van der Waals surface area (Å²) in [6.45, 7) is 2.08. The molecule has 1 unspecified atom stereocenters. The molecule has 1 aromatic rings. The van der Waals surface area contributed by atoms with Gasteiger partial charge in [0.15, 0.2) is 0 Å². The summed E-state index contributed by atoms with van der Waals surface area (Å²) in [6.07, 6.45) is 1.69. The number of aromatic nitrogens is 1. The molecular weight excluding hydrogens is 202 g/mol. The molecule has 0 aromatic carbocycles. The van der Waals surface area contributed by atoms with Crippen molar-refractivity contribution in [1.82, 2.24) is 10.3 Å². The summed E-state index contributed by atoms with van der Waals surface area (Å²) in [7, 11) is 0. The van der Waals surface area contributed by atoms with Gasteiger partial charge >= 0.3 is 0 Å². The third-order valence-electron chi connectivity index (χ3n) is 1.58.